The summed E-state index contributed by atoms with van der Waals surface area (Å²) in [6.07, 6.45) is 5.53. The molecule has 0 radical (unpaired) electrons. The number of nitrogens with zero attached hydrogens (tertiary/aromatic N) is 1. The van der Waals surface area contributed by atoms with Gasteiger partial charge in [-0.1, -0.05) is 0 Å². The number of amides is 1. The second-order valence-electron chi connectivity index (χ2n) is 4.76. The highest BCUT2D eigenvalue weighted by atomic mass is 32.1. The van der Waals surface area contributed by atoms with Crippen LogP contribution in [0.1, 0.15) is 42.2 Å². The number of thiol groups is 1. The molecule has 0 saturated heterocycles. The summed E-state index contributed by atoms with van der Waals surface area (Å²) in [5.41, 5.74) is 0.537. The first-order valence-corrected chi connectivity index (χ1v) is 7.08. The van der Waals surface area contributed by atoms with Gasteiger partial charge >= 0.3 is 5.97 Å². The zero-order valence-electron chi connectivity index (χ0n) is 10.6. The molecule has 0 bridgehead atoms. The lowest BCUT2D eigenvalue weighted by atomic mass is 9.93. The summed E-state index contributed by atoms with van der Waals surface area (Å²) in [5, 5.41) is 11.6. The van der Waals surface area contributed by atoms with Crippen LogP contribution >= 0.6 is 12.6 Å². The minimum Gasteiger partial charge on any atom is -0.480 e. The van der Waals surface area contributed by atoms with Crippen molar-refractivity contribution in [3.63, 3.8) is 0 Å². The molecule has 1 aromatic rings. The van der Waals surface area contributed by atoms with E-state index < -0.39 is 12.0 Å². The van der Waals surface area contributed by atoms with Crippen molar-refractivity contribution in [2.24, 2.45) is 0 Å². The first-order chi connectivity index (χ1) is 9.13. The minimum absolute atomic E-state index is 0.314. The Balaban J connectivity index is 2.06. The van der Waals surface area contributed by atoms with E-state index in [1.165, 1.54) is 6.42 Å². The third kappa shape index (κ3) is 3.12. The van der Waals surface area contributed by atoms with Crippen molar-refractivity contribution >= 4 is 24.5 Å². The van der Waals surface area contributed by atoms with Gasteiger partial charge in [0, 0.05) is 12.2 Å². The zero-order valence-corrected chi connectivity index (χ0v) is 11.5. The van der Waals surface area contributed by atoms with Gasteiger partial charge in [0.05, 0.1) is 0 Å². The molecule has 1 fully saturated rings. The molecule has 0 spiro atoms. The molecule has 1 amide bonds. The van der Waals surface area contributed by atoms with E-state index >= 15 is 0 Å². The smallest absolute Gasteiger partial charge is 0.326 e. The van der Waals surface area contributed by atoms with E-state index in [2.05, 4.69) is 17.9 Å². The van der Waals surface area contributed by atoms with E-state index in [1.54, 1.807) is 6.07 Å². The summed E-state index contributed by atoms with van der Waals surface area (Å²) >= 11 is 4.01. The van der Waals surface area contributed by atoms with E-state index in [1.807, 2.05) is 16.8 Å². The second kappa shape index (κ2) is 6.14. The molecule has 1 heterocycles. The SMILES string of the molecule is O=C(NC(CCS)C(=O)O)c1cccn1C1CCC1. The Kier molecular flexibility index (Phi) is 4.52. The number of hydrogen-bond donors (Lipinski definition) is 3. The third-order valence-electron chi connectivity index (χ3n) is 3.50. The third-order valence-corrected chi connectivity index (χ3v) is 3.76. The maximum Gasteiger partial charge on any atom is 0.326 e. The number of nitrogens with one attached hydrogen (secondary N) is 1. The molecule has 5 nitrogen and oxygen atoms in total. The predicted octanol–water partition coefficient (Wildman–Crippen LogP) is 1.72. The molecule has 2 rings (SSSR count). The van der Waals surface area contributed by atoms with E-state index in [4.69, 9.17) is 5.11 Å². The summed E-state index contributed by atoms with van der Waals surface area (Å²) in [4.78, 5) is 23.2. The van der Waals surface area contributed by atoms with Gasteiger partial charge < -0.3 is 15.0 Å². The van der Waals surface area contributed by atoms with Crippen molar-refractivity contribution < 1.29 is 14.7 Å². The number of carboxylic acids is 1. The van der Waals surface area contributed by atoms with Gasteiger partial charge in [-0.3, -0.25) is 4.79 Å². The van der Waals surface area contributed by atoms with E-state index in [-0.39, 0.29) is 5.91 Å². The summed E-state index contributed by atoms with van der Waals surface area (Å²) in [7, 11) is 0. The molecule has 1 aromatic heterocycles. The van der Waals surface area contributed by atoms with Crippen molar-refractivity contribution in [1.29, 1.82) is 0 Å². The molecule has 1 aliphatic rings. The highest BCUT2D eigenvalue weighted by Gasteiger charge is 2.25. The van der Waals surface area contributed by atoms with Gasteiger partial charge in [-0.25, -0.2) is 4.79 Å². The van der Waals surface area contributed by atoms with Gasteiger partial charge in [0.1, 0.15) is 11.7 Å². The lowest BCUT2D eigenvalue weighted by molar-refractivity contribution is -0.139. The average Bonchev–Trinajstić information content (AvgIpc) is 2.74. The fourth-order valence-corrected chi connectivity index (χ4v) is 2.45. The van der Waals surface area contributed by atoms with E-state index in [9.17, 15) is 9.59 Å². The largest absolute Gasteiger partial charge is 0.480 e. The molecule has 104 valence electrons. The molecule has 6 heteroatoms. The highest BCUT2D eigenvalue weighted by molar-refractivity contribution is 7.80. The van der Waals surface area contributed by atoms with Crippen LogP contribution in [0.15, 0.2) is 18.3 Å². The maximum absolute atomic E-state index is 12.1. The molecular formula is C13H18N2O3S. The number of carbonyl (C=O) groups excluding carboxylic acids is 1. The van der Waals surface area contributed by atoms with Crippen molar-refractivity contribution in [2.45, 2.75) is 37.8 Å². The van der Waals surface area contributed by atoms with E-state index in [0.29, 0.717) is 23.9 Å². The Morgan fingerprint density at radius 3 is 2.79 bits per heavy atom. The molecule has 1 unspecified atom stereocenters. The van der Waals surface area contributed by atoms with Crippen molar-refractivity contribution in [3.8, 4) is 0 Å². The molecule has 0 aromatic carbocycles. The Morgan fingerprint density at radius 2 is 2.26 bits per heavy atom. The highest BCUT2D eigenvalue weighted by Crippen LogP contribution is 2.32. The van der Waals surface area contributed by atoms with Crippen LogP contribution in [-0.4, -0.2) is 33.3 Å². The van der Waals surface area contributed by atoms with Crippen molar-refractivity contribution in [3.05, 3.63) is 24.0 Å². The van der Waals surface area contributed by atoms with Crippen molar-refractivity contribution in [1.82, 2.24) is 9.88 Å². The fourth-order valence-electron chi connectivity index (χ4n) is 2.19. The molecule has 1 atom stereocenters. The van der Waals surface area contributed by atoms with Crippen LogP contribution in [0.5, 0.6) is 0 Å². The normalized spacial score (nSPS) is 16.7. The Morgan fingerprint density at radius 1 is 1.53 bits per heavy atom. The summed E-state index contributed by atoms with van der Waals surface area (Å²) < 4.78 is 1.94. The first kappa shape index (κ1) is 14.0. The van der Waals surface area contributed by atoms with Gasteiger partial charge in [-0.15, -0.1) is 0 Å². The van der Waals surface area contributed by atoms with E-state index in [0.717, 1.165) is 12.8 Å². The zero-order chi connectivity index (χ0) is 13.8. The van der Waals surface area contributed by atoms with Gasteiger partial charge in [0.15, 0.2) is 0 Å². The van der Waals surface area contributed by atoms with Crippen LogP contribution in [0.2, 0.25) is 0 Å². The van der Waals surface area contributed by atoms with Crippen molar-refractivity contribution in [2.75, 3.05) is 5.75 Å². The number of hydrogen-bond acceptors (Lipinski definition) is 3. The minimum atomic E-state index is -1.02. The van der Waals surface area contributed by atoms with Crippen LogP contribution in [0.3, 0.4) is 0 Å². The number of rotatable bonds is 6. The number of aliphatic carboxylic acids is 1. The summed E-state index contributed by atoms with van der Waals surface area (Å²) in [6, 6.07) is 3.05. The van der Waals surface area contributed by atoms with Crippen LogP contribution in [0.4, 0.5) is 0 Å². The Hall–Kier alpha value is -1.43. The van der Waals surface area contributed by atoms with Crippen LogP contribution < -0.4 is 5.32 Å². The topological polar surface area (TPSA) is 71.3 Å². The monoisotopic (exact) mass is 282 g/mol. The lowest BCUT2D eigenvalue weighted by Gasteiger charge is -2.29. The Labute approximate surface area is 117 Å². The second-order valence-corrected chi connectivity index (χ2v) is 5.21. The lowest BCUT2D eigenvalue weighted by Crippen LogP contribution is -2.42. The quantitative estimate of drug-likeness (QED) is 0.696. The molecule has 0 aliphatic heterocycles. The average molecular weight is 282 g/mol. The van der Waals surface area contributed by atoms with Gasteiger partial charge in [-0.05, 0) is 43.6 Å². The molecule has 1 saturated carbocycles. The maximum atomic E-state index is 12.1. The van der Waals surface area contributed by atoms with Crippen LogP contribution in [0.25, 0.3) is 0 Å². The van der Waals surface area contributed by atoms with Crippen LogP contribution in [0, 0.1) is 0 Å². The molecular weight excluding hydrogens is 264 g/mol. The number of aromatic nitrogens is 1. The number of carboxylic acid groups (broad SMARTS) is 1. The van der Waals surface area contributed by atoms with Gasteiger partial charge in [0.2, 0.25) is 0 Å². The summed E-state index contributed by atoms with van der Waals surface area (Å²) in [5.74, 6) is -0.934. The fraction of sp³-hybridized carbons (Fsp3) is 0.538. The molecule has 2 N–H and O–H groups in total. The molecule has 19 heavy (non-hydrogen) atoms. The van der Waals surface area contributed by atoms with Gasteiger partial charge in [0.25, 0.3) is 5.91 Å². The Bertz CT molecular complexity index is 468. The standard InChI is InChI=1S/C13H18N2O3S/c16-12(14-10(6-8-19)13(17)18)11-5-2-7-15(11)9-3-1-4-9/h2,5,7,9-10,19H,1,3-4,6,8H2,(H,14,16)(H,17,18). The van der Waals surface area contributed by atoms with Crippen LogP contribution in [-0.2, 0) is 4.79 Å². The molecule has 1 aliphatic carbocycles. The first-order valence-electron chi connectivity index (χ1n) is 6.45. The number of carbonyl (C=O) groups is 2. The summed E-state index contributed by atoms with van der Waals surface area (Å²) in [6.45, 7) is 0. The van der Waals surface area contributed by atoms with Gasteiger partial charge in [-0.2, -0.15) is 12.6 Å². The predicted molar refractivity (Wildman–Crippen MR) is 74.7 cm³/mol.